The molecule has 3 aromatic rings. The third-order valence-corrected chi connectivity index (χ3v) is 6.15. The van der Waals surface area contributed by atoms with Gasteiger partial charge in [0.25, 0.3) is 5.91 Å². The SMILES string of the molecule is O=C(NCC1CN(Cc2ccccc2)CCO1)c1cnc(-c2ccccc2Cl)s1. The Morgan fingerprint density at radius 2 is 2.00 bits per heavy atom. The van der Waals surface area contributed by atoms with Crippen LogP contribution in [0.25, 0.3) is 10.6 Å². The number of halogens is 1. The minimum atomic E-state index is -0.135. The Morgan fingerprint density at radius 1 is 1.21 bits per heavy atom. The number of carbonyl (C=O) groups excluding carboxylic acids is 1. The van der Waals surface area contributed by atoms with Crippen molar-refractivity contribution in [2.45, 2.75) is 12.6 Å². The zero-order chi connectivity index (χ0) is 20.1. The van der Waals surface area contributed by atoms with Crippen molar-refractivity contribution >= 4 is 28.8 Å². The van der Waals surface area contributed by atoms with Gasteiger partial charge in [0, 0.05) is 31.7 Å². The van der Waals surface area contributed by atoms with Crippen LogP contribution in [0, 0.1) is 0 Å². The maximum absolute atomic E-state index is 12.5. The number of aromatic nitrogens is 1. The smallest absolute Gasteiger partial charge is 0.263 e. The first-order valence-electron chi connectivity index (χ1n) is 9.56. The van der Waals surface area contributed by atoms with Gasteiger partial charge in [-0.25, -0.2) is 4.98 Å². The monoisotopic (exact) mass is 427 g/mol. The number of benzene rings is 2. The van der Waals surface area contributed by atoms with E-state index in [0.717, 1.165) is 30.2 Å². The second-order valence-corrected chi connectivity index (χ2v) is 8.37. The molecule has 4 rings (SSSR count). The van der Waals surface area contributed by atoms with Gasteiger partial charge in [0.05, 0.1) is 23.9 Å². The first kappa shape index (κ1) is 20.0. The number of carbonyl (C=O) groups is 1. The molecule has 1 N–H and O–H groups in total. The lowest BCUT2D eigenvalue weighted by atomic mass is 10.2. The lowest BCUT2D eigenvalue weighted by Crippen LogP contribution is -2.47. The van der Waals surface area contributed by atoms with Gasteiger partial charge in [-0.05, 0) is 11.6 Å². The van der Waals surface area contributed by atoms with Crippen molar-refractivity contribution in [1.29, 1.82) is 0 Å². The molecule has 7 heteroatoms. The highest BCUT2D eigenvalue weighted by atomic mass is 35.5. The number of nitrogens with one attached hydrogen (secondary N) is 1. The topological polar surface area (TPSA) is 54.5 Å². The van der Waals surface area contributed by atoms with Gasteiger partial charge in [-0.3, -0.25) is 9.69 Å². The molecule has 1 amide bonds. The molecule has 0 aliphatic carbocycles. The van der Waals surface area contributed by atoms with E-state index < -0.39 is 0 Å². The predicted octanol–water partition coefficient (Wildman–Crippen LogP) is 4.09. The molecule has 1 atom stereocenters. The summed E-state index contributed by atoms with van der Waals surface area (Å²) in [4.78, 5) is 19.8. The van der Waals surface area contributed by atoms with E-state index in [1.165, 1.54) is 16.9 Å². The summed E-state index contributed by atoms with van der Waals surface area (Å²) in [5.74, 6) is -0.135. The third-order valence-electron chi connectivity index (χ3n) is 4.80. The maximum atomic E-state index is 12.5. The van der Waals surface area contributed by atoms with Crippen LogP contribution in [0.3, 0.4) is 0 Å². The molecule has 0 saturated carbocycles. The molecule has 0 bridgehead atoms. The third kappa shape index (κ3) is 5.22. The first-order chi connectivity index (χ1) is 14.2. The second-order valence-electron chi connectivity index (χ2n) is 6.93. The fourth-order valence-corrected chi connectivity index (χ4v) is 4.47. The van der Waals surface area contributed by atoms with E-state index in [-0.39, 0.29) is 12.0 Å². The number of ether oxygens (including phenoxy) is 1. The Hall–Kier alpha value is -2.25. The Labute approximate surface area is 179 Å². The van der Waals surface area contributed by atoms with Crippen LogP contribution in [0.2, 0.25) is 5.02 Å². The van der Waals surface area contributed by atoms with Crippen molar-refractivity contribution in [3.8, 4) is 10.6 Å². The molecule has 0 radical (unpaired) electrons. The molecule has 2 aromatic carbocycles. The van der Waals surface area contributed by atoms with Crippen LogP contribution >= 0.6 is 22.9 Å². The van der Waals surface area contributed by atoms with Crippen LogP contribution in [0.5, 0.6) is 0 Å². The van der Waals surface area contributed by atoms with Crippen molar-refractivity contribution in [3.63, 3.8) is 0 Å². The standard InChI is InChI=1S/C22H22ClN3O2S/c23-19-9-5-4-8-18(19)22-25-13-20(29-22)21(27)24-12-17-15-26(10-11-28-17)14-16-6-2-1-3-7-16/h1-9,13,17H,10-12,14-15H2,(H,24,27). The lowest BCUT2D eigenvalue weighted by Gasteiger charge is -2.33. The molecular formula is C22H22ClN3O2S. The molecule has 1 unspecified atom stereocenters. The Bertz CT molecular complexity index is 963. The summed E-state index contributed by atoms with van der Waals surface area (Å²) in [6, 6.07) is 17.9. The van der Waals surface area contributed by atoms with Gasteiger partial charge >= 0.3 is 0 Å². The van der Waals surface area contributed by atoms with Gasteiger partial charge < -0.3 is 10.1 Å². The summed E-state index contributed by atoms with van der Waals surface area (Å²) in [6.45, 7) is 3.73. The number of nitrogens with zero attached hydrogens (tertiary/aromatic N) is 2. The van der Waals surface area contributed by atoms with E-state index in [0.29, 0.717) is 23.1 Å². The van der Waals surface area contributed by atoms with Gasteiger partial charge in [-0.15, -0.1) is 11.3 Å². The van der Waals surface area contributed by atoms with Crippen molar-refractivity contribution in [1.82, 2.24) is 15.2 Å². The summed E-state index contributed by atoms with van der Waals surface area (Å²) in [5, 5.41) is 4.35. The van der Waals surface area contributed by atoms with Crippen LogP contribution in [-0.2, 0) is 11.3 Å². The number of amides is 1. The fraction of sp³-hybridized carbons (Fsp3) is 0.273. The molecular weight excluding hydrogens is 406 g/mol. The van der Waals surface area contributed by atoms with E-state index in [1.807, 2.05) is 30.3 Å². The molecule has 1 aliphatic rings. The largest absolute Gasteiger partial charge is 0.374 e. The number of hydrogen-bond acceptors (Lipinski definition) is 5. The van der Waals surface area contributed by atoms with Gasteiger partial charge in [0.2, 0.25) is 0 Å². The molecule has 29 heavy (non-hydrogen) atoms. The molecule has 2 heterocycles. The molecule has 5 nitrogen and oxygen atoms in total. The fourth-order valence-electron chi connectivity index (χ4n) is 3.32. The summed E-state index contributed by atoms with van der Waals surface area (Å²) < 4.78 is 5.84. The van der Waals surface area contributed by atoms with Crippen molar-refractivity contribution in [3.05, 3.63) is 76.3 Å². The van der Waals surface area contributed by atoms with Crippen LogP contribution < -0.4 is 5.32 Å². The van der Waals surface area contributed by atoms with Gasteiger partial charge in [-0.1, -0.05) is 60.1 Å². The number of thiazole rings is 1. The quantitative estimate of drug-likeness (QED) is 0.643. The normalized spacial score (nSPS) is 17.2. The number of hydrogen-bond donors (Lipinski definition) is 1. The molecule has 1 aromatic heterocycles. The number of rotatable bonds is 6. The molecule has 1 fully saturated rings. The highest BCUT2D eigenvalue weighted by molar-refractivity contribution is 7.17. The van der Waals surface area contributed by atoms with Crippen LogP contribution in [0.4, 0.5) is 0 Å². The Balaban J connectivity index is 1.31. The zero-order valence-electron chi connectivity index (χ0n) is 15.9. The Kier molecular flexibility index (Phi) is 6.56. The first-order valence-corrected chi connectivity index (χ1v) is 10.8. The minimum absolute atomic E-state index is 0.0210. The van der Waals surface area contributed by atoms with Crippen molar-refractivity contribution < 1.29 is 9.53 Å². The van der Waals surface area contributed by atoms with Crippen LogP contribution in [-0.4, -0.2) is 48.1 Å². The van der Waals surface area contributed by atoms with E-state index in [1.54, 1.807) is 6.20 Å². The summed E-state index contributed by atoms with van der Waals surface area (Å²) in [5.41, 5.74) is 2.12. The maximum Gasteiger partial charge on any atom is 0.263 e. The summed E-state index contributed by atoms with van der Waals surface area (Å²) in [7, 11) is 0. The highest BCUT2D eigenvalue weighted by Gasteiger charge is 2.22. The minimum Gasteiger partial charge on any atom is -0.374 e. The van der Waals surface area contributed by atoms with Gasteiger partial charge in [0.1, 0.15) is 9.88 Å². The average Bonchev–Trinajstić information content (AvgIpc) is 3.23. The molecule has 150 valence electrons. The average molecular weight is 428 g/mol. The predicted molar refractivity (Wildman–Crippen MR) is 116 cm³/mol. The highest BCUT2D eigenvalue weighted by Crippen LogP contribution is 2.30. The van der Waals surface area contributed by atoms with Gasteiger partial charge in [0.15, 0.2) is 0 Å². The second kappa shape index (κ2) is 9.50. The number of morpholine rings is 1. The van der Waals surface area contributed by atoms with Crippen LogP contribution in [0.15, 0.2) is 60.8 Å². The van der Waals surface area contributed by atoms with E-state index in [9.17, 15) is 4.79 Å². The summed E-state index contributed by atoms with van der Waals surface area (Å²) in [6.07, 6.45) is 1.58. The van der Waals surface area contributed by atoms with Crippen LogP contribution in [0.1, 0.15) is 15.2 Å². The van der Waals surface area contributed by atoms with E-state index in [2.05, 4.69) is 39.5 Å². The Morgan fingerprint density at radius 3 is 2.83 bits per heavy atom. The van der Waals surface area contributed by atoms with E-state index in [4.69, 9.17) is 16.3 Å². The molecule has 0 spiro atoms. The lowest BCUT2D eigenvalue weighted by molar-refractivity contribution is -0.0292. The van der Waals surface area contributed by atoms with Crippen molar-refractivity contribution in [2.24, 2.45) is 0 Å². The van der Waals surface area contributed by atoms with Gasteiger partial charge in [-0.2, -0.15) is 0 Å². The zero-order valence-corrected chi connectivity index (χ0v) is 17.5. The summed E-state index contributed by atoms with van der Waals surface area (Å²) >= 11 is 7.57. The van der Waals surface area contributed by atoms with E-state index >= 15 is 0 Å². The molecule has 1 aliphatic heterocycles. The molecule has 1 saturated heterocycles. The van der Waals surface area contributed by atoms with Crippen molar-refractivity contribution in [2.75, 3.05) is 26.2 Å².